The number of allylic oxidation sites excluding steroid dienone is 10. The van der Waals surface area contributed by atoms with Gasteiger partial charge in [0.25, 0.3) is 5.91 Å². The summed E-state index contributed by atoms with van der Waals surface area (Å²) in [5, 5.41) is 22.1. The summed E-state index contributed by atoms with van der Waals surface area (Å²) in [6, 6.07) is 3.08. The molecule has 0 saturated heterocycles. The van der Waals surface area contributed by atoms with Crippen molar-refractivity contribution in [3.05, 3.63) is 90.9 Å². The van der Waals surface area contributed by atoms with E-state index in [4.69, 9.17) is 25.8 Å². The zero-order valence-electron chi connectivity index (χ0n) is 34.2. The summed E-state index contributed by atoms with van der Waals surface area (Å²) in [6.07, 6.45) is 29.7. The van der Waals surface area contributed by atoms with Gasteiger partial charge >= 0.3 is 11.9 Å². The number of esters is 1. The van der Waals surface area contributed by atoms with Crippen LogP contribution in [0.5, 0.6) is 0 Å². The van der Waals surface area contributed by atoms with Crippen LogP contribution in [-0.4, -0.2) is 96.3 Å². The highest BCUT2D eigenvalue weighted by molar-refractivity contribution is 7.95. The zero-order valence-corrected chi connectivity index (χ0v) is 35.0. The van der Waals surface area contributed by atoms with E-state index >= 15 is 0 Å². The Bertz CT molecular complexity index is 1510. The highest BCUT2D eigenvalue weighted by atomic mass is 32.2. The summed E-state index contributed by atoms with van der Waals surface area (Å²) < 4.78 is 10.5. The summed E-state index contributed by atoms with van der Waals surface area (Å²) in [4.78, 5) is 58.2. The Labute approximate surface area is 342 Å². The maximum atomic E-state index is 12.8. The van der Waals surface area contributed by atoms with Crippen molar-refractivity contribution >= 4 is 47.7 Å². The van der Waals surface area contributed by atoms with Crippen LogP contribution in [0.2, 0.25) is 0 Å². The predicted octanol–water partition coefficient (Wildman–Crippen LogP) is 5.12. The van der Waals surface area contributed by atoms with Crippen molar-refractivity contribution in [3.8, 4) is 0 Å². The summed E-state index contributed by atoms with van der Waals surface area (Å²) in [5.74, 6) is -1.62. The van der Waals surface area contributed by atoms with Crippen LogP contribution in [0.25, 0.3) is 0 Å². The molecule has 15 nitrogen and oxygen atoms in total. The van der Waals surface area contributed by atoms with Crippen molar-refractivity contribution in [3.63, 3.8) is 0 Å². The summed E-state index contributed by atoms with van der Waals surface area (Å²) in [5.41, 5.74) is 9.10. The first-order valence-electron chi connectivity index (χ1n) is 18.9. The second kappa shape index (κ2) is 33.0. The minimum atomic E-state index is -1.28. The number of aliphatic hydroxyl groups is 1. The molecule has 57 heavy (non-hydrogen) atoms. The van der Waals surface area contributed by atoms with Crippen molar-refractivity contribution < 1.29 is 33.2 Å². The third-order valence-electron chi connectivity index (χ3n) is 7.36. The fourth-order valence-electron chi connectivity index (χ4n) is 4.13. The number of rotatable bonds is 25. The van der Waals surface area contributed by atoms with E-state index < -0.39 is 30.0 Å². The number of carbonyl (C=O) groups is 4. The fourth-order valence-corrected chi connectivity index (χ4v) is 4.61. The van der Waals surface area contributed by atoms with Gasteiger partial charge in [0.05, 0.1) is 24.2 Å². The van der Waals surface area contributed by atoms with Crippen molar-refractivity contribution in [1.82, 2.24) is 20.5 Å². The van der Waals surface area contributed by atoms with E-state index in [1.165, 1.54) is 23.4 Å². The number of hydrogen-bond donors (Lipinski definition) is 6. The number of nitrogens with two attached hydrogens (primary N) is 2. The lowest BCUT2D eigenvalue weighted by Gasteiger charge is -2.30. The number of pyridine rings is 1. The second-order valence-corrected chi connectivity index (χ2v) is 14.0. The molecule has 8 N–H and O–H groups in total. The topological polar surface area (TPSA) is 235 Å². The van der Waals surface area contributed by atoms with E-state index in [1.807, 2.05) is 0 Å². The smallest absolute Gasteiger partial charge is 0.340 e. The number of aliphatic imine (C=N–C) groups is 1. The number of unbranched alkanes of at least 4 members (excludes halogenated alkanes) is 1. The van der Waals surface area contributed by atoms with Crippen molar-refractivity contribution in [2.75, 3.05) is 39.5 Å². The molecule has 316 valence electrons. The first kappa shape index (κ1) is 51.8. The molecule has 0 saturated carbocycles. The molecule has 1 rings (SSSR count). The average Bonchev–Trinajstić information content (AvgIpc) is 3.18. The fraction of sp³-hybridized carbons (Fsp3) is 0.488. The molecule has 0 spiro atoms. The Hall–Kier alpha value is -5.22. The molecule has 0 aliphatic heterocycles. The molecule has 1 aromatic rings. The lowest BCUT2D eigenvalue weighted by atomic mass is 9.86. The van der Waals surface area contributed by atoms with E-state index in [0.29, 0.717) is 18.6 Å². The highest BCUT2D eigenvalue weighted by Crippen LogP contribution is 2.24. The van der Waals surface area contributed by atoms with E-state index in [-0.39, 0.29) is 48.9 Å². The van der Waals surface area contributed by atoms with Gasteiger partial charge in [0.2, 0.25) is 11.9 Å². The van der Waals surface area contributed by atoms with Gasteiger partial charge in [-0.2, -0.15) is 4.99 Å². The first-order valence-corrected chi connectivity index (χ1v) is 19.8. The number of aromatic nitrogens is 1. The molecule has 0 fully saturated rings. The van der Waals surface area contributed by atoms with Gasteiger partial charge in [-0.3, -0.25) is 24.8 Å². The van der Waals surface area contributed by atoms with Crippen LogP contribution in [0, 0.1) is 10.8 Å². The first-order chi connectivity index (χ1) is 27.2. The van der Waals surface area contributed by atoms with Crippen LogP contribution in [0.4, 0.5) is 0 Å². The number of nitrogens with one attached hydrogen (secondary N) is 3. The van der Waals surface area contributed by atoms with Crippen LogP contribution in [0.3, 0.4) is 0 Å². The van der Waals surface area contributed by atoms with Crippen LogP contribution in [0.1, 0.15) is 88.9 Å². The average molecular weight is 813 g/mol. The van der Waals surface area contributed by atoms with Crippen LogP contribution < -0.4 is 22.1 Å². The molecule has 1 atom stereocenters. The Kier molecular flexibility index (Phi) is 29.9. The monoisotopic (exact) mass is 812 g/mol. The Morgan fingerprint density at radius 2 is 1.54 bits per heavy atom. The largest absolute Gasteiger partial charge is 0.448 e. The van der Waals surface area contributed by atoms with Crippen LogP contribution >= 0.6 is 12.0 Å². The quantitative estimate of drug-likeness (QED) is 0.0189. The minimum Gasteiger partial charge on any atom is -0.448 e. The maximum Gasteiger partial charge on any atom is 0.340 e. The van der Waals surface area contributed by atoms with Gasteiger partial charge in [-0.25, -0.2) is 4.79 Å². The van der Waals surface area contributed by atoms with E-state index in [2.05, 4.69) is 88.3 Å². The lowest BCUT2D eigenvalue weighted by molar-refractivity contribution is -0.138. The summed E-state index contributed by atoms with van der Waals surface area (Å²) in [7, 11) is 3.38. The Balaban J connectivity index is 0.00000308. The van der Waals surface area contributed by atoms with E-state index in [0.717, 1.165) is 50.6 Å². The van der Waals surface area contributed by atoms with Crippen molar-refractivity contribution in [2.24, 2.45) is 21.9 Å². The third-order valence-corrected chi connectivity index (χ3v) is 8.03. The summed E-state index contributed by atoms with van der Waals surface area (Å²) >= 11 is 0.985. The molecule has 0 aliphatic carbocycles. The third kappa shape index (κ3) is 28.8. The molecule has 2 amide bonds. The zero-order chi connectivity index (χ0) is 42.7. The number of nitrogens with zero attached hydrogens (tertiary/aromatic N) is 3. The molecule has 16 heteroatoms. The number of guanidine groups is 2. The van der Waals surface area contributed by atoms with Gasteiger partial charge in [-0.1, -0.05) is 81.5 Å². The molecule has 0 radical (unpaired) electrons. The van der Waals surface area contributed by atoms with Crippen molar-refractivity contribution in [2.45, 2.75) is 84.7 Å². The Morgan fingerprint density at radius 3 is 2.05 bits per heavy atom. The molecule has 0 bridgehead atoms. The van der Waals surface area contributed by atoms with Crippen molar-refractivity contribution in [1.29, 1.82) is 5.41 Å². The number of ether oxygens (including phenoxy) is 1. The summed E-state index contributed by atoms with van der Waals surface area (Å²) in [6.45, 7) is 5.21. The lowest BCUT2D eigenvalue weighted by Crippen LogP contribution is -2.48. The van der Waals surface area contributed by atoms with Gasteiger partial charge in [0, 0.05) is 63.6 Å². The molecular formula is C41H64N8O7S. The normalized spacial score (nSPS) is 12.0. The number of hydrogen-bond acceptors (Lipinski definition) is 10. The molecule has 0 aliphatic rings. The van der Waals surface area contributed by atoms with Gasteiger partial charge in [0.15, 0.2) is 12.1 Å². The highest BCUT2D eigenvalue weighted by Gasteiger charge is 2.38. The standard InChI is InChI=1S/C37H53N3O7S.C4H11N5/c1-4-5-6-7-8-9-10-11-12-13-14-15-16-17-18-19-20-23-33(43)47-48-28-27-39-32(42)24-26-40-35(44)34(37(2,3)30-41)46-36(45)31-22-21-25-38-29-31;1-9(2)4(7)8-3(5)6/h5-6,8-9,11-12,14-15,17-18,21-22,25,29,34,41H,4,7,10,13,16,19-20,23-24,26-28,30H2,1-3H3,(H,39,42)(H,40,44);1-2H3,(H5,5,6,7,8)/b6-5-,9-8-,12-11-,15-14-,18-17-;/t34-;/m0./s1. The van der Waals surface area contributed by atoms with Gasteiger partial charge < -0.3 is 41.0 Å². The molecule has 0 aromatic carbocycles. The van der Waals surface area contributed by atoms with Gasteiger partial charge in [-0.15, -0.1) is 0 Å². The van der Waals surface area contributed by atoms with Crippen LogP contribution in [0.15, 0.2) is 90.3 Å². The van der Waals surface area contributed by atoms with Gasteiger partial charge in [-0.05, 0) is 57.1 Å². The molecule has 1 heterocycles. The van der Waals surface area contributed by atoms with Gasteiger partial charge in [0.1, 0.15) is 0 Å². The van der Waals surface area contributed by atoms with Crippen LogP contribution in [-0.2, 0) is 23.3 Å². The molecule has 0 unspecified atom stereocenters. The molecule has 1 aromatic heterocycles. The molecular weight excluding hydrogens is 749 g/mol. The van der Waals surface area contributed by atoms with E-state index in [1.54, 1.807) is 34.0 Å². The van der Waals surface area contributed by atoms with E-state index in [9.17, 15) is 24.3 Å². The number of aliphatic hydroxyl groups excluding tert-OH is 1. The second-order valence-electron chi connectivity index (χ2n) is 13.2. The number of carbonyl (C=O) groups excluding carboxylic acids is 4. The maximum absolute atomic E-state index is 12.8. The number of amides is 2. The SMILES string of the molecule is CC/C=C\C/C=C\C/C=C\C/C=C\C/C=C\CCCC(=O)OSCCNC(=O)CCNC(=O)[C@H](OC(=O)c1cccnc1)C(C)(C)CO.CN(C)C(=N)N=C(N)N. The minimum absolute atomic E-state index is 0.00514. The Morgan fingerprint density at radius 1 is 0.947 bits per heavy atom. The predicted molar refractivity (Wildman–Crippen MR) is 229 cm³/mol.